The Morgan fingerprint density at radius 1 is 0.849 bits per heavy atom. The zero-order chi connectivity index (χ0) is 51.0. The Balaban J connectivity index is 1.22. The van der Waals surface area contributed by atoms with Crippen molar-refractivity contribution in [3.05, 3.63) is 179 Å². The maximum absolute atomic E-state index is 14.7. The van der Waals surface area contributed by atoms with Crippen molar-refractivity contribution in [1.82, 2.24) is 4.90 Å². The number of nitro groups is 1. The lowest BCUT2D eigenvalue weighted by Gasteiger charge is -2.59. The molecule has 1 amide bonds. The summed E-state index contributed by atoms with van der Waals surface area (Å²) in [4.78, 5) is 33.6. The van der Waals surface area contributed by atoms with E-state index in [1.165, 1.54) is 12.1 Å². The second-order valence-corrected chi connectivity index (χ2v) is 18.8. The molecule has 0 radical (unpaired) electrons. The summed E-state index contributed by atoms with van der Waals surface area (Å²) < 4.78 is 33.1. The Bertz CT molecular complexity index is 2640. The minimum Gasteiger partial charge on any atom is -0.459 e. The second-order valence-electron chi connectivity index (χ2n) is 18.8. The minimum absolute atomic E-state index is 0.00340. The number of unbranched alkanes of at least 4 members (excludes halogenated alkanes) is 2. The first-order valence-corrected chi connectivity index (χ1v) is 25.6. The van der Waals surface area contributed by atoms with Gasteiger partial charge in [-0.15, -0.1) is 6.58 Å². The molecule has 1 fully saturated rings. The van der Waals surface area contributed by atoms with Crippen molar-refractivity contribution >= 4 is 17.5 Å². The third-order valence-electron chi connectivity index (χ3n) is 14.0. The number of rotatable bonds is 26. The molecule has 3 aliphatic rings. The standard InChI is InChI=1S/C59H67N3O11/c1-3-31-61(58(65)69-36-35-68-40-42-15-7-5-8-16-42)55-39-53(60-71-41-43-21-25-47(26-22-43)62(66)67)51-37-46(19-11-13-32-63)50(20-12-14-33-64)56-52-38-49(29-30-54(52)73-59(55,57(51)56)70-34-4-2)72-48-27-23-45(24-28-48)44-17-9-6-10-18-44/h4-10,15-18,21-30,37-38,46,50,55-57,63-64H,2-3,11-14,19-20,31-36,39-41H2,1H3/t46-,50+,55-,56+,57+,59+/m0/s1. The fourth-order valence-electron chi connectivity index (χ4n) is 10.7. The van der Waals surface area contributed by atoms with Gasteiger partial charge in [0.15, 0.2) is 0 Å². The van der Waals surface area contributed by atoms with Crippen LogP contribution < -0.4 is 9.47 Å². The third kappa shape index (κ3) is 12.7. The Hall–Kier alpha value is -6.84. The number of carbonyl (C=O) groups excluding carboxylic acids is 1. The molecule has 1 aliphatic heterocycles. The molecule has 0 saturated heterocycles. The first kappa shape index (κ1) is 52.5. The zero-order valence-corrected chi connectivity index (χ0v) is 41.6. The largest absolute Gasteiger partial charge is 0.459 e. The van der Waals surface area contributed by atoms with Crippen molar-refractivity contribution < 1.29 is 48.5 Å². The molecule has 384 valence electrons. The number of benzene rings is 5. The molecule has 2 N–H and O–H groups in total. The summed E-state index contributed by atoms with van der Waals surface area (Å²) in [5.41, 5.74) is 6.24. The van der Waals surface area contributed by atoms with Crippen LogP contribution in [0.4, 0.5) is 10.5 Å². The van der Waals surface area contributed by atoms with Gasteiger partial charge in [0.25, 0.3) is 5.69 Å². The van der Waals surface area contributed by atoms with E-state index in [2.05, 4.69) is 30.9 Å². The molecule has 0 aromatic heterocycles. The predicted octanol–water partition coefficient (Wildman–Crippen LogP) is 12.0. The molecule has 14 heteroatoms. The Morgan fingerprint density at radius 2 is 1.53 bits per heavy atom. The van der Waals surface area contributed by atoms with Crippen LogP contribution in [0.3, 0.4) is 0 Å². The van der Waals surface area contributed by atoms with Gasteiger partial charge in [0.05, 0.1) is 36.4 Å². The van der Waals surface area contributed by atoms with E-state index in [1.807, 2.05) is 91.9 Å². The lowest BCUT2D eigenvalue weighted by molar-refractivity contribution is -0.384. The van der Waals surface area contributed by atoms with Gasteiger partial charge in [0, 0.05) is 49.8 Å². The number of allylic oxidation sites excluding steroid dienone is 1. The summed E-state index contributed by atoms with van der Waals surface area (Å²) in [6.07, 6.45) is 8.50. The molecular weight excluding hydrogens is 927 g/mol. The number of aliphatic hydroxyl groups is 2. The molecular formula is C59H67N3O11. The van der Waals surface area contributed by atoms with Crippen LogP contribution in [0.25, 0.3) is 11.1 Å². The molecule has 0 bridgehead atoms. The van der Waals surface area contributed by atoms with Crippen LogP contribution in [-0.2, 0) is 32.3 Å². The van der Waals surface area contributed by atoms with Crippen LogP contribution in [0.2, 0.25) is 0 Å². The molecule has 1 saturated carbocycles. The number of ether oxygens (including phenoxy) is 5. The Morgan fingerprint density at radius 3 is 2.23 bits per heavy atom. The zero-order valence-electron chi connectivity index (χ0n) is 41.6. The Labute approximate surface area is 428 Å². The highest BCUT2D eigenvalue weighted by Crippen LogP contribution is 2.62. The number of fused-ring (bicyclic) bond motifs is 2. The van der Waals surface area contributed by atoms with Crippen molar-refractivity contribution in [2.24, 2.45) is 22.9 Å². The summed E-state index contributed by atoms with van der Waals surface area (Å²) in [6, 6.07) is 39.2. The molecule has 6 atom stereocenters. The number of nitro benzene ring substituents is 1. The molecule has 5 aromatic carbocycles. The van der Waals surface area contributed by atoms with Crippen LogP contribution in [0.5, 0.6) is 17.2 Å². The van der Waals surface area contributed by atoms with E-state index in [0.717, 1.165) is 53.5 Å². The van der Waals surface area contributed by atoms with E-state index >= 15 is 0 Å². The number of amides is 1. The summed E-state index contributed by atoms with van der Waals surface area (Å²) in [6.45, 7) is 7.19. The summed E-state index contributed by atoms with van der Waals surface area (Å²) in [5.74, 6) is -0.463. The van der Waals surface area contributed by atoms with Crippen molar-refractivity contribution in [2.75, 3.05) is 39.6 Å². The molecule has 0 spiro atoms. The maximum Gasteiger partial charge on any atom is 0.410 e. The van der Waals surface area contributed by atoms with Crippen LogP contribution in [0.15, 0.2) is 157 Å². The SMILES string of the molecule is C=CCO[C@@]12Oc3ccc(Oc4ccc(-c5ccccc5)cc4)cc3[C@H]3[C@H](CCCCO)[C@@H](CCCCO)C=C(C(=NOCc4ccc([N+](=O)[O-])cc4)C[C@@H]1N(CCC)C(=O)OCCOCc1ccccc1)[C@H]32. The lowest BCUT2D eigenvalue weighted by atomic mass is 9.55. The van der Waals surface area contributed by atoms with Gasteiger partial charge in [-0.2, -0.15) is 0 Å². The van der Waals surface area contributed by atoms with Crippen LogP contribution in [0, 0.1) is 27.9 Å². The van der Waals surface area contributed by atoms with Crippen molar-refractivity contribution in [1.29, 1.82) is 0 Å². The summed E-state index contributed by atoms with van der Waals surface area (Å²) in [7, 11) is 0. The van der Waals surface area contributed by atoms with E-state index in [9.17, 15) is 25.1 Å². The number of hydrogen-bond donors (Lipinski definition) is 2. The fourth-order valence-corrected chi connectivity index (χ4v) is 10.7. The van der Waals surface area contributed by atoms with Crippen LogP contribution in [0.1, 0.15) is 80.9 Å². The number of non-ortho nitro benzene ring substituents is 1. The molecule has 1 heterocycles. The summed E-state index contributed by atoms with van der Waals surface area (Å²) in [5, 5.41) is 36.5. The van der Waals surface area contributed by atoms with Gasteiger partial charge in [0.2, 0.25) is 5.79 Å². The van der Waals surface area contributed by atoms with E-state index < -0.39 is 28.8 Å². The third-order valence-corrected chi connectivity index (χ3v) is 14.0. The Kier molecular flexibility index (Phi) is 18.5. The number of carbonyl (C=O) groups is 1. The van der Waals surface area contributed by atoms with E-state index in [4.69, 9.17) is 33.7 Å². The van der Waals surface area contributed by atoms with Crippen molar-refractivity contribution in [3.63, 3.8) is 0 Å². The number of nitrogens with zero attached hydrogens (tertiary/aromatic N) is 3. The molecule has 2 aliphatic carbocycles. The lowest BCUT2D eigenvalue weighted by Crippen LogP contribution is -2.70. The quantitative estimate of drug-likeness (QED) is 0.0234. The van der Waals surface area contributed by atoms with E-state index in [0.29, 0.717) is 60.9 Å². The first-order valence-electron chi connectivity index (χ1n) is 25.6. The fraction of sp³-hybridized carbons (Fsp3) is 0.390. The normalized spacial score (nSPS) is 21.2. The van der Waals surface area contributed by atoms with Gasteiger partial charge in [-0.05, 0) is 114 Å². The summed E-state index contributed by atoms with van der Waals surface area (Å²) >= 11 is 0. The van der Waals surface area contributed by atoms with Crippen molar-refractivity contribution in [3.8, 4) is 28.4 Å². The monoisotopic (exact) mass is 993 g/mol. The van der Waals surface area contributed by atoms with Crippen LogP contribution >= 0.6 is 0 Å². The van der Waals surface area contributed by atoms with Gasteiger partial charge < -0.3 is 38.7 Å². The molecule has 8 rings (SSSR count). The number of oxime groups is 1. The van der Waals surface area contributed by atoms with Gasteiger partial charge in [-0.3, -0.25) is 15.0 Å². The highest BCUT2D eigenvalue weighted by Gasteiger charge is 2.65. The average molecular weight is 994 g/mol. The number of aliphatic hydroxyl groups excluding tert-OH is 2. The van der Waals surface area contributed by atoms with Gasteiger partial charge in [0.1, 0.15) is 36.5 Å². The van der Waals surface area contributed by atoms with Gasteiger partial charge >= 0.3 is 6.09 Å². The van der Waals surface area contributed by atoms with Gasteiger partial charge in [-0.1, -0.05) is 110 Å². The molecule has 5 aromatic rings. The molecule has 73 heavy (non-hydrogen) atoms. The highest BCUT2D eigenvalue weighted by molar-refractivity contribution is 6.03. The average Bonchev–Trinajstić information content (AvgIpc) is 3.42. The smallest absolute Gasteiger partial charge is 0.410 e. The second kappa shape index (κ2) is 25.7. The van der Waals surface area contributed by atoms with E-state index in [-0.39, 0.29) is 69.5 Å². The van der Waals surface area contributed by atoms with E-state index in [1.54, 1.807) is 23.1 Å². The number of hydrogen-bond acceptors (Lipinski definition) is 12. The van der Waals surface area contributed by atoms with Gasteiger partial charge in [-0.25, -0.2) is 4.79 Å². The first-order chi connectivity index (χ1) is 35.8. The predicted molar refractivity (Wildman–Crippen MR) is 279 cm³/mol. The van der Waals surface area contributed by atoms with Crippen molar-refractivity contribution in [2.45, 2.75) is 89.3 Å². The highest BCUT2D eigenvalue weighted by atomic mass is 16.7. The topological polar surface area (TPSA) is 172 Å². The van der Waals surface area contributed by atoms with Crippen LogP contribution in [-0.4, -0.2) is 83.2 Å². The molecule has 0 unspecified atom stereocenters. The maximum atomic E-state index is 14.7. The molecule has 14 nitrogen and oxygen atoms in total. The minimum atomic E-state index is -1.49.